The zero-order valence-corrected chi connectivity index (χ0v) is 10.0. The fraction of sp³-hybridized carbons (Fsp3) is 0.750. The van der Waals surface area contributed by atoms with Crippen molar-refractivity contribution in [1.82, 2.24) is 15.0 Å². The second-order valence-corrected chi connectivity index (χ2v) is 4.94. The summed E-state index contributed by atoms with van der Waals surface area (Å²) in [6.45, 7) is 5.05. The first kappa shape index (κ1) is 11.3. The van der Waals surface area contributed by atoms with Crippen molar-refractivity contribution in [1.29, 1.82) is 0 Å². The predicted octanol–water partition coefficient (Wildman–Crippen LogP) is 2.40. The summed E-state index contributed by atoms with van der Waals surface area (Å²) in [6, 6.07) is 0. The summed E-state index contributed by atoms with van der Waals surface area (Å²) in [7, 11) is 0. The van der Waals surface area contributed by atoms with Crippen molar-refractivity contribution in [2.75, 3.05) is 0 Å². The molecule has 0 amide bonds. The molecule has 16 heavy (non-hydrogen) atoms. The van der Waals surface area contributed by atoms with Crippen LogP contribution in [0.25, 0.3) is 0 Å². The summed E-state index contributed by atoms with van der Waals surface area (Å²) in [5.74, 6) is 1.17. The molecule has 0 atom stereocenters. The van der Waals surface area contributed by atoms with Gasteiger partial charge in [-0.05, 0) is 18.3 Å². The number of nitrogens with zero attached hydrogens (tertiary/aromatic N) is 3. The number of hydrogen-bond acceptors (Lipinski definition) is 3. The summed E-state index contributed by atoms with van der Waals surface area (Å²) in [5.41, 5.74) is 1.48. The summed E-state index contributed by atoms with van der Waals surface area (Å²) in [5, 5.41) is 8.00. The van der Waals surface area contributed by atoms with Gasteiger partial charge in [0, 0.05) is 6.54 Å². The molecule has 0 bridgehead atoms. The minimum atomic E-state index is 0.302. The van der Waals surface area contributed by atoms with Gasteiger partial charge in [0.2, 0.25) is 0 Å². The largest absolute Gasteiger partial charge is 0.296 e. The average molecular weight is 221 g/mol. The van der Waals surface area contributed by atoms with Gasteiger partial charge in [-0.3, -0.25) is 4.79 Å². The molecule has 1 aliphatic carbocycles. The molecule has 0 aromatic carbocycles. The molecule has 1 aliphatic rings. The molecule has 0 spiro atoms. The van der Waals surface area contributed by atoms with E-state index in [0.29, 0.717) is 11.6 Å². The highest BCUT2D eigenvalue weighted by molar-refractivity contribution is 5.73. The Morgan fingerprint density at radius 1 is 1.50 bits per heavy atom. The lowest BCUT2D eigenvalue weighted by atomic mass is 9.83. The number of rotatable bonds is 5. The molecule has 1 heterocycles. The first-order valence-electron chi connectivity index (χ1n) is 6.11. The Kier molecular flexibility index (Phi) is 3.36. The van der Waals surface area contributed by atoms with Gasteiger partial charge in [0.15, 0.2) is 6.29 Å². The molecule has 0 radical (unpaired) electrons. The van der Waals surface area contributed by atoms with E-state index in [1.807, 2.05) is 4.68 Å². The van der Waals surface area contributed by atoms with Crippen LogP contribution in [-0.2, 0) is 6.54 Å². The summed E-state index contributed by atoms with van der Waals surface area (Å²) < 4.78 is 1.91. The molecule has 0 unspecified atom stereocenters. The van der Waals surface area contributed by atoms with Crippen molar-refractivity contribution < 1.29 is 4.79 Å². The van der Waals surface area contributed by atoms with Crippen LogP contribution in [0.4, 0.5) is 0 Å². The van der Waals surface area contributed by atoms with E-state index in [4.69, 9.17) is 0 Å². The lowest BCUT2D eigenvalue weighted by molar-refractivity contribution is 0.111. The topological polar surface area (TPSA) is 47.8 Å². The van der Waals surface area contributed by atoms with E-state index >= 15 is 0 Å². The summed E-state index contributed by atoms with van der Waals surface area (Å²) in [6.07, 6.45) is 6.06. The second kappa shape index (κ2) is 4.76. The van der Waals surface area contributed by atoms with E-state index in [2.05, 4.69) is 24.2 Å². The van der Waals surface area contributed by atoms with Gasteiger partial charge in [0.25, 0.3) is 0 Å². The van der Waals surface area contributed by atoms with Crippen LogP contribution in [0.2, 0.25) is 0 Å². The van der Waals surface area contributed by atoms with Crippen molar-refractivity contribution in [3.8, 4) is 0 Å². The lowest BCUT2D eigenvalue weighted by Crippen LogP contribution is -2.16. The molecule has 1 saturated carbocycles. The van der Waals surface area contributed by atoms with E-state index in [-0.39, 0.29) is 0 Å². The SMILES string of the molecule is CC(C)c1c(C=O)nnn1CCC1CCC1. The molecule has 1 aromatic rings. The van der Waals surface area contributed by atoms with Gasteiger partial charge in [-0.15, -0.1) is 5.10 Å². The maximum atomic E-state index is 10.8. The number of carbonyl (C=O) groups is 1. The van der Waals surface area contributed by atoms with Crippen LogP contribution >= 0.6 is 0 Å². The van der Waals surface area contributed by atoms with Crippen LogP contribution in [-0.4, -0.2) is 21.3 Å². The number of carbonyl (C=O) groups excluding carboxylic acids is 1. The Hall–Kier alpha value is -1.19. The van der Waals surface area contributed by atoms with E-state index in [9.17, 15) is 4.79 Å². The van der Waals surface area contributed by atoms with E-state index in [0.717, 1.165) is 24.4 Å². The number of aromatic nitrogens is 3. The van der Waals surface area contributed by atoms with Crippen molar-refractivity contribution in [3.63, 3.8) is 0 Å². The van der Waals surface area contributed by atoms with Crippen LogP contribution in [0.5, 0.6) is 0 Å². The molecule has 88 valence electrons. The maximum Gasteiger partial charge on any atom is 0.172 e. The van der Waals surface area contributed by atoms with E-state index < -0.39 is 0 Å². The van der Waals surface area contributed by atoms with Crippen molar-refractivity contribution >= 4 is 6.29 Å². The third-order valence-corrected chi connectivity index (χ3v) is 3.43. The Balaban J connectivity index is 2.06. The molecule has 0 N–H and O–H groups in total. The zero-order chi connectivity index (χ0) is 11.5. The molecular weight excluding hydrogens is 202 g/mol. The van der Waals surface area contributed by atoms with Gasteiger partial charge in [-0.2, -0.15) is 0 Å². The van der Waals surface area contributed by atoms with Gasteiger partial charge < -0.3 is 0 Å². The van der Waals surface area contributed by atoms with E-state index in [1.54, 1.807) is 0 Å². The first-order valence-corrected chi connectivity index (χ1v) is 6.11. The second-order valence-electron chi connectivity index (χ2n) is 4.94. The van der Waals surface area contributed by atoms with Crippen molar-refractivity contribution in [2.24, 2.45) is 5.92 Å². The first-order chi connectivity index (χ1) is 7.72. The number of aldehydes is 1. The Labute approximate surface area is 96.0 Å². The molecule has 0 aliphatic heterocycles. The Morgan fingerprint density at radius 3 is 2.75 bits per heavy atom. The third-order valence-electron chi connectivity index (χ3n) is 3.43. The van der Waals surface area contributed by atoms with Crippen LogP contribution in [0.1, 0.15) is 61.6 Å². The van der Waals surface area contributed by atoms with Gasteiger partial charge in [0.05, 0.1) is 5.69 Å². The van der Waals surface area contributed by atoms with Gasteiger partial charge in [-0.1, -0.05) is 38.3 Å². The maximum absolute atomic E-state index is 10.8. The smallest absolute Gasteiger partial charge is 0.172 e. The zero-order valence-electron chi connectivity index (χ0n) is 10.0. The number of aryl methyl sites for hydroxylation is 1. The minimum absolute atomic E-state index is 0.302. The molecule has 4 nitrogen and oxygen atoms in total. The van der Waals surface area contributed by atoms with Crippen LogP contribution in [0.3, 0.4) is 0 Å². The standard InChI is InChI=1S/C12H19N3O/c1-9(2)12-11(8-16)13-14-15(12)7-6-10-4-3-5-10/h8-10H,3-7H2,1-2H3. The molecule has 1 aromatic heterocycles. The van der Waals surface area contributed by atoms with Crippen molar-refractivity contribution in [2.45, 2.75) is 52.0 Å². The predicted molar refractivity (Wildman–Crippen MR) is 61.5 cm³/mol. The molecular formula is C12H19N3O. The summed E-state index contributed by atoms with van der Waals surface area (Å²) >= 11 is 0. The fourth-order valence-electron chi connectivity index (χ4n) is 2.26. The Bertz CT molecular complexity index is 366. The third kappa shape index (κ3) is 2.15. The highest BCUT2D eigenvalue weighted by atomic mass is 16.1. The molecule has 1 fully saturated rings. The van der Waals surface area contributed by atoms with Crippen LogP contribution in [0.15, 0.2) is 0 Å². The lowest BCUT2D eigenvalue weighted by Gasteiger charge is -2.25. The molecule has 4 heteroatoms. The van der Waals surface area contributed by atoms with Crippen LogP contribution in [0, 0.1) is 5.92 Å². The fourth-order valence-corrected chi connectivity index (χ4v) is 2.26. The Morgan fingerprint density at radius 2 is 2.25 bits per heavy atom. The number of hydrogen-bond donors (Lipinski definition) is 0. The summed E-state index contributed by atoms with van der Waals surface area (Å²) in [4.78, 5) is 10.8. The minimum Gasteiger partial charge on any atom is -0.296 e. The van der Waals surface area contributed by atoms with E-state index in [1.165, 1.54) is 25.7 Å². The monoisotopic (exact) mass is 221 g/mol. The quantitative estimate of drug-likeness (QED) is 0.717. The molecule has 2 rings (SSSR count). The van der Waals surface area contributed by atoms with Gasteiger partial charge in [-0.25, -0.2) is 4.68 Å². The highest BCUT2D eigenvalue weighted by Gasteiger charge is 2.20. The molecule has 0 saturated heterocycles. The van der Waals surface area contributed by atoms with Crippen molar-refractivity contribution in [3.05, 3.63) is 11.4 Å². The normalized spacial score (nSPS) is 16.4. The van der Waals surface area contributed by atoms with Gasteiger partial charge in [0.1, 0.15) is 5.69 Å². The van der Waals surface area contributed by atoms with Gasteiger partial charge >= 0.3 is 0 Å². The average Bonchev–Trinajstić information content (AvgIpc) is 2.58. The highest BCUT2D eigenvalue weighted by Crippen LogP contribution is 2.30. The van der Waals surface area contributed by atoms with Crippen LogP contribution < -0.4 is 0 Å².